The number of hydrogen-bond acceptors (Lipinski definition) is 1. The number of anilines is 1. The van der Waals surface area contributed by atoms with Gasteiger partial charge in [-0.05, 0) is 23.8 Å². The van der Waals surface area contributed by atoms with E-state index in [0.29, 0.717) is 0 Å². The molecule has 2 aromatic carbocycles. The minimum absolute atomic E-state index is 0.791. The number of rotatable bonds is 7. The van der Waals surface area contributed by atoms with Crippen LogP contribution in [0.4, 0.5) is 5.69 Å². The lowest BCUT2D eigenvalue weighted by Crippen LogP contribution is -2.13. The minimum Gasteiger partial charge on any atom is -0.384 e. The predicted octanol–water partition coefficient (Wildman–Crippen LogP) is 5.47. The molecule has 19 heavy (non-hydrogen) atoms. The number of fused-ring (bicyclic) bond motifs is 1. The van der Waals surface area contributed by atoms with E-state index in [9.17, 15) is 0 Å². The lowest BCUT2D eigenvalue weighted by Gasteiger charge is -2.17. The van der Waals surface area contributed by atoms with E-state index in [-0.39, 0.29) is 0 Å². The van der Waals surface area contributed by atoms with Crippen LogP contribution in [0.5, 0.6) is 0 Å². The molecule has 0 aromatic heterocycles. The van der Waals surface area contributed by atoms with Crippen molar-refractivity contribution < 1.29 is 0 Å². The van der Waals surface area contributed by atoms with Crippen LogP contribution in [0.25, 0.3) is 10.8 Å². The van der Waals surface area contributed by atoms with Gasteiger partial charge in [-0.25, -0.2) is 0 Å². The Bertz CT molecular complexity index is 499. The molecule has 2 rings (SSSR count). The second kappa shape index (κ2) is 7.18. The van der Waals surface area contributed by atoms with Crippen molar-refractivity contribution in [2.75, 3.05) is 11.9 Å². The van der Waals surface area contributed by atoms with Gasteiger partial charge >= 0.3 is 0 Å². The topological polar surface area (TPSA) is 12.0 Å². The zero-order chi connectivity index (χ0) is 13.5. The van der Waals surface area contributed by atoms with Gasteiger partial charge in [0.15, 0.2) is 0 Å². The quantitative estimate of drug-likeness (QED) is 0.692. The molecule has 0 amide bonds. The maximum absolute atomic E-state index is 3.65. The molecule has 1 unspecified atom stereocenters. The van der Waals surface area contributed by atoms with Crippen molar-refractivity contribution in [2.24, 2.45) is 5.92 Å². The summed E-state index contributed by atoms with van der Waals surface area (Å²) in [4.78, 5) is 0. The van der Waals surface area contributed by atoms with Crippen molar-refractivity contribution >= 4 is 16.5 Å². The summed E-state index contributed by atoms with van der Waals surface area (Å²) in [7, 11) is 0. The van der Waals surface area contributed by atoms with Gasteiger partial charge in [-0.1, -0.05) is 69.5 Å². The number of unbranched alkanes of at least 4 members (excludes halogenated alkanes) is 1. The van der Waals surface area contributed by atoms with E-state index in [4.69, 9.17) is 0 Å². The molecular formula is C18H25N. The first-order chi connectivity index (χ1) is 9.35. The summed E-state index contributed by atoms with van der Waals surface area (Å²) in [6.45, 7) is 5.65. The molecule has 0 spiro atoms. The van der Waals surface area contributed by atoms with E-state index in [1.165, 1.54) is 42.1 Å². The average molecular weight is 255 g/mol. The minimum atomic E-state index is 0.791. The maximum Gasteiger partial charge on any atom is 0.0419 e. The lowest BCUT2D eigenvalue weighted by atomic mass is 9.99. The molecular weight excluding hydrogens is 230 g/mol. The van der Waals surface area contributed by atoms with Crippen molar-refractivity contribution in [1.29, 1.82) is 0 Å². The molecule has 0 aliphatic carbocycles. The van der Waals surface area contributed by atoms with Crippen molar-refractivity contribution in [1.82, 2.24) is 0 Å². The largest absolute Gasteiger partial charge is 0.384 e. The molecule has 1 heteroatoms. The van der Waals surface area contributed by atoms with E-state index in [2.05, 4.69) is 61.6 Å². The maximum atomic E-state index is 3.65. The summed E-state index contributed by atoms with van der Waals surface area (Å²) in [5.41, 5.74) is 1.27. The van der Waals surface area contributed by atoms with Crippen molar-refractivity contribution in [2.45, 2.75) is 39.5 Å². The molecule has 0 radical (unpaired) electrons. The van der Waals surface area contributed by atoms with Gasteiger partial charge in [-0.15, -0.1) is 0 Å². The third-order valence-electron chi connectivity index (χ3n) is 3.91. The molecule has 0 bridgehead atoms. The molecule has 102 valence electrons. The first-order valence-corrected chi connectivity index (χ1v) is 7.56. The van der Waals surface area contributed by atoms with E-state index < -0.39 is 0 Å². The van der Waals surface area contributed by atoms with Gasteiger partial charge in [-0.2, -0.15) is 0 Å². The van der Waals surface area contributed by atoms with Crippen molar-refractivity contribution in [3.05, 3.63) is 42.5 Å². The fourth-order valence-corrected chi connectivity index (χ4v) is 2.58. The van der Waals surface area contributed by atoms with Crippen molar-refractivity contribution in [3.63, 3.8) is 0 Å². The van der Waals surface area contributed by atoms with Gasteiger partial charge < -0.3 is 5.32 Å². The molecule has 0 heterocycles. The number of benzene rings is 2. The molecule has 2 aromatic rings. The van der Waals surface area contributed by atoms with Crippen molar-refractivity contribution in [3.8, 4) is 0 Å². The van der Waals surface area contributed by atoms with Crippen LogP contribution in [0.1, 0.15) is 39.5 Å². The van der Waals surface area contributed by atoms with Gasteiger partial charge in [0.25, 0.3) is 0 Å². The second-order valence-corrected chi connectivity index (χ2v) is 5.32. The number of hydrogen-bond donors (Lipinski definition) is 1. The lowest BCUT2D eigenvalue weighted by molar-refractivity contribution is 0.473. The Morgan fingerprint density at radius 3 is 2.58 bits per heavy atom. The first-order valence-electron chi connectivity index (χ1n) is 7.56. The van der Waals surface area contributed by atoms with Crippen LogP contribution in [0.3, 0.4) is 0 Å². The zero-order valence-electron chi connectivity index (χ0n) is 12.2. The first kappa shape index (κ1) is 13.9. The fourth-order valence-electron chi connectivity index (χ4n) is 2.58. The van der Waals surface area contributed by atoms with Gasteiger partial charge in [0, 0.05) is 17.6 Å². The Labute approximate surface area is 117 Å². The summed E-state index contributed by atoms with van der Waals surface area (Å²) in [5.74, 6) is 0.791. The van der Waals surface area contributed by atoms with E-state index in [1.807, 2.05) is 0 Å². The van der Waals surface area contributed by atoms with Crippen LogP contribution in [0.2, 0.25) is 0 Å². The third-order valence-corrected chi connectivity index (χ3v) is 3.91. The second-order valence-electron chi connectivity index (χ2n) is 5.32. The molecule has 0 saturated carbocycles. The Hall–Kier alpha value is -1.50. The highest BCUT2D eigenvalue weighted by Gasteiger charge is 2.06. The highest BCUT2D eigenvalue weighted by atomic mass is 14.9. The molecule has 1 N–H and O–H groups in total. The highest BCUT2D eigenvalue weighted by Crippen LogP contribution is 2.24. The predicted molar refractivity (Wildman–Crippen MR) is 85.7 cm³/mol. The molecule has 0 aliphatic heterocycles. The Balaban J connectivity index is 2.04. The van der Waals surface area contributed by atoms with E-state index in [0.717, 1.165) is 12.5 Å². The zero-order valence-corrected chi connectivity index (χ0v) is 12.2. The summed E-state index contributed by atoms with van der Waals surface area (Å²) in [6.07, 6.45) is 5.24. The van der Waals surface area contributed by atoms with Crippen LogP contribution in [-0.2, 0) is 0 Å². The highest BCUT2D eigenvalue weighted by molar-refractivity contribution is 5.93. The Kier molecular flexibility index (Phi) is 5.26. The van der Waals surface area contributed by atoms with Gasteiger partial charge in [0.05, 0.1) is 0 Å². The molecule has 0 saturated heterocycles. The molecule has 0 fully saturated rings. The summed E-state index contributed by atoms with van der Waals surface area (Å²) >= 11 is 0. The van der Waals surface area contributed by atoms with Crippen LogP contribution in [-0.4, -0.2) is 6.54 Å². The SMILES string of the molecule is CCCCC(CC)CNc1cccc2ccccc12. The summed E-state index contributed by atoms with van der Waals surface area (Å²) in [5, 5.41) is 6.29. The van der Waals surface area contributed by atoms with E-state index >= 15 is 0 Å². The van der Waals surface area contributed by atoms with Gasteiger partial charge in [0.2, 0.25) is 0 Å². The summed E-state index contributed by atoms with van der Waals surface area (Å²) < 4.78 is 0. The van der Waals surface area contributed by atoms with E-state index in [1.54, 1.807) is 0 Å². The van der Waals surface area contributed by atoms with Crippen LogP contribution >= 0.6 is 0 Å². The Morgan fingerprint density at radius 1 is 1.00 bits per heavy atom. The molecule has 0 aliphatic rings. The van der Waals surface area contributed by atoms with Crippen LogP contribution in [0, 0.1) is 5.92 Å². The summed E-state index contributed by atoms with van der Waals surface area (Å²) in [6, 6.07) is 15.1. The third kappa shape index (κ3) is 3.73. The smallest absolute Gasteiger partial charge is 0.0419 e. The van der Waals surface area contributed by atoms with Gasteiger partial charge in [-0.3, -0.25) is 0 Å². The monoisotopic (exact) mass is 255 g/mol. The Morgan fingerprint density at radius 2 is 1.79 bits per heavy atom. The van der Waals surface area contributed by atoms with Crippen LogP contribution < -0.4 is 5.32 Å². The fraction of sp³-hybridized carbons (Fsp3) is 0.444. The molecule has 1 atom stereocenters. The standard InChI is InChI=1S/C18H25N/c1-3-5-9-15(4-2)14-19-18-13-8-11-16-10-6-7-12-17(16)18/h6-8,10-13,15,19H,3-5,9,14H2,1-2H3. The number of nitrogens with one attached hydrogen (secondary N) is 1. The average Bonchev–Trinajstić information content (AvgIpc) is 2.47. The molecule has 1 nitrogen and oxygen atoms in total. The normalized spacial score (nSPS) is 12.5. The van der Waals surface area contributed by atoms with Gasteiger partial charge in [0.1, 0.15) is 0 Å². The van der Waals surface area contributed by atoms with Crippen LogP contribution in [0.15, 0.2) is 42.5 Å².